The lowest BCUT2D eigenvalue weighted by Gasteiger charge is -2.01. The summed E-state index contributed by atoms with van der Waals surface area (Å²) in [7, 11) is 0. The number of fused-ring (bicyclic) bond motifs is 1. The number of aromatic hydroxyl groups is 1. The topological polar surface area (TPSA) is 20.2 Å². The third kappa shape index (κ3) is 1.04. The Morgan fingerprint density at radius 3 is 3.00 bits per heavy atom. The van der Waals surface area contributed by atoms with Crippen molar-refractivity contribution in [3.8, 4) is 5.75 Å². The second-order valence-corrected chi connectivity index (χ2v) is 4.43. The van der Waals surface area contributed by atoms with E-state index in [4.69, 9.17) is 0 Å². The highest BCUT2D eigenvalue weighted by Crippen LogP contribution is 2.37. The normalized spacial score (nSPS) is 10.8. The summed E-state index contributed by atoms with van der Waals surface area (Å²) in [6.07, 6.45) is 0. The van der Waals surface area contributed by atoms with E-state index in [0.29, 0.717) is 5.75 Å². The van der Waals surface area contributed by atoms with Gasteiger partial charge in [0.05, 0.1) is 4.47 Å². The molecule has 0 unspecified atom stereocenters. The molecule has 0 amide bonds. The van der Waals surface area contributed by atoms with Gasteiger partial charge in [-0.25, -0.2) is 0 Å². The molecule has 0 fully saturated rings. The first-order chi connectivity index (χ1) is 5.70. The van der Waals surface area contributed by atoms with Crippen molar-refractivity contribution in [1.29, 1.82) is 0 Å². The minimum atomic E-state index is 0.353. The molecular weight excluding hydrogens is 236 g/mol. The lowest BCUT2D eigenvalue weighted by molar-refractivity contribution is 0.478. The molecule has 0 atom stereocenters. The Balaban J connectivity index is 2.94. The van der Waals surface area contributed by atoms with E-state index in [1.54, 1.807) is 11.3 Å². The summed E-state index contributed by atoms with van der Waals surface area (Å²) in [6, 6.07) is 4.00. The number of halogens is 1. The average Bonchev–Trinajstić information content (AvgIpc) is 2.48. The molecule has 1 aromatic carbocycles. The molecule has 1 aromatic heterocycles. The molecule has 0 radical (unpaired) electrons. The van der Waals surface area contributed by atoms with Gasteiger partial charge in [0.1, 0.15) is 5.75 Å². The zero-order valence-corrected chi connectivity index (χ0v) is 8.87. The zero-order valence-electron chi connectivity index (χ0n) is 6.47. The smallest absolute Gasteiger partial charge is 0.138 e. The van der Waals surface area contributed by atoms with E-state index in [1.807, 2.05) is 18.4 Å². The van der Waals surface area contributed by atoms with E-state index in [1.165, 1.54) is 0 Å². The molecular formula is C9H7BrOS. The summed E-state index contributed by atoms with van der Waals surface area (Å²) in [5, 5.41) is 12.6. The van der Waals surface area contributed by atoms with Gasteiger partial charge in [0.25, 0.3) is 0 Å². The summed E-state index contributed by atoms with van der Waals surface area (Å²) in [6.45, 7) is 1.98. The Labute approximate surface area is 82.8 Å². The molecule has 12 heavy (non-hydrogen) atoms. The Kier molecular flexibility index (Phi) is 1.85. The number of rotatable bonds is 0. The first-order valence-electron chi connectivity index (χ1n) is 3.55. The minimum Gasteiger partial charge on any atom is -0.506 e. The van der Waals surface area contributed by atoms with Crippen LogP contribution in [-0.4, -0.2) is 5.11 Å². The van der Waals surface area contributed by atoms with Crippen molar-refractivity contribution in [3.05, 3.63) is 27.5 Å². The molecule has 0 aliphatic carbocycles. The molecule has 2 rings (SSSR count). The number of phenolic OH excluding ortho intramolecular Hbond substituents is 1. The Morgan fingerprint density at radius 1 is 1.50 bits per heavy atom. The maximum Gasteiger partial charge on any atom is 0.138 e. The second-order valence-electron chi connectivity index (χ2n) is 2.69. The van der Waals surface area contributed by atoms with E-state index >= 15 is 0 Å². The molecule has 62 valence electrons. The molecule has 2 aromatic rings. The van der Waals surface area contributed by atoms with E-state index in [2.05, 4.69) is 22.0 Å². The summed E-state index contributed by atoms with van der Waals surface area (Å²) in [4.78, 5) is 0. The van der Waals surface area contributed by atoms with Gasteiger partial charge in [-0.2, -0.15) is 0 Å². The van der Waals surface area contributed by atoms with Crippen LogP contribution in [0.4, 0.5) is 0 Å². The Morgan fingerprint density at radius 2 is 2.25 bits per heavy atom. The van der Waals surface area contributed by atoms with Crippen LogP contribution >= 0.6 is 27.3 Å². The van der Waals surface area contributed by atoms with Crippen LogP contribution in [0.25, 0.3) is 10.1 Å². The van der Waals surface area contributed by atoms with Gasteiger partial charge in [-0.1, -0.05) is 0 Å². The largest absolute Gasteiger partial charge is 0.506 e. The van der Waals surface area contributed by atoms with Crippen molar-refractivity contribution in [3.63, 3.8) is 0 Å². The van der Waals surface area contributed by atoms with Crippen LogP contribution in [0.5, 0.6) is 5.75 Å². The summed E-state index contributed by atoms with van der Waals surface area (Å²) >= 11 is 4.98. The summed E-state index contributed by atoms with van der Waals surface area (Å²) < 4.78 is 1.93. The monoisotopic (exact) mass is 242 g/mol. The third-order valence-corrected chi connectivity index (χ3v) is 3.72. The highest BCUT2D eigenvalue weighted by atomic mass is 79.9. The standard InChI is InChI=1S/C9H7BrOS/c1-5-4-7-6(2-3-12-7)9(11)8(5)10/h2-4,11H,1H3. The van der Waals surface area contributed by atoms with Crippen LogP contribution < -0.4 is 0 Å². The highest BCUT2D eigenvalue weighted by Gasteiger charge is 2.07. The number of thiophene rings is 1. The quantitative estimate of drug-likeness (QED) is 0.748. The van der Waals surface area contributed by atoms with Crippen LogP contribution in [0.15, 0.2) is 22.0 Å². The lowest BCUT2D eigenvalue weighted by Crippen LogP contribution is -1.76. The Hall–Kier alpha value is -0.540. The van der Waals surface area contributed by atoms with Crippen LogP contribution in [0.1, 0.15) is 5.56 Å². The highest BCUT2D eigenvalue weighted by molar-refractivity contribution is 9.10. The van der Waals surface area contributed by atoms with Gasteiger partial charge in [0.15, 0.2) is 0 Å². The number of benzene rings is 1. The van der Waals surface area contributed by atoms with Gasteiger partial charge < -0.3 is 5.11 Å². The van der Waals surface area contributed by atoms with Gasteiger partial charge in [-0.3, -0.25) is 0 Å². The second kappa shape index (κ2) is 2.75. The molecule has 0 saturated carbocycles. The van der Waals surface area contributed by atoms with Crippen LogP contribution in [0.3, 0.4) is 0 Å². The summed E-state index contributed by atoms with van der Waals surface area (Å²) in [5.74, 6) is 0.353. The van der Waals surface area contributed by atoms with Crippen molar-refractivity contribution in [2.75, 3.05) is 0 Å². The molecule has 1 N–H and O–H groups in total. The number of hydrogen-bond acceptors (Lipinski definition) is 2. The van der Waals surface area contributed by atoms with Gasteiger partial charge >= 0.3 is 0 Å². The SMILES string of the molecule is Cc1cc2sccc2c(O)c1Br. The maximum absolute atomic E-state index is 9.69. The van der Waals surface area contributed by atoms with Crippen molar-refractivity contribution in [1.82, 2.24) is 0 Å². The average molecular weight is 243 g/mol. The predicted octanol–water partition coefficient (Wildman–Crippen LogP) is 3.68. The molecule has 0 aliphatic heterocycles. The third-order valence-electron chi connectivity index (χ3n) is 1.85. The molecule has 1 nitrogen and oxygen atoms in total. The number of phenols is 1. The van der Waals surface area contributed by atoms with Gasteiger partial charge in [-0.05, 0) is 45.9 Å². The zero-order chi connectivity index (χ0) is 8.72. The van der Waals surface area contributed by atoms with E-state index in [9.17, 15) is 5.11 Å². The molecule has 1 heterocycles. The summed E-state index contributed by atoms with van der Waals surface area (Å²) in [5.41, 5.74) is 1.07. The fraction of sp³-hybridized carbons (Fsp3) is 0.111. The van der Waals surface area contributed by atoms with Crippen LogP contribution in [-0.2, 0) is 0 Å². The maximum atomic E-state index is 9.69. The van der Waals surface area contributed by atoms with Crippen molar-refractivity contribution >= 4 is 37.4 Å². The first-order valence-corrected chi connectivity index (χ1v) is 5.22. The first kappa shape index (κ1) is 8.08. The minimum absolute atomic E-state index is 0.353. The van der Waals surface area contributed by atoms with E-state index in [-0.39, 0.29) is 0 Å². The molecule has 3 heteroatoms. The molecule has 0 bridgehead atoms. The fourth-order valence-electron chi connectivity index (χ4n) is 1.19. The molecule has 0 saturated heterocycles. The van der Waals surface area contributed by atoms with E-state index < -0.39 is 0 Å². The number of aryl methyl sites for hydroxylation is 1. The van der Waals surface area contributed by atoms with Crippen molar-refractivity contribution < 1.29 is 5.11 Å². The fourth-order valence-corrected chi connectivity index (χ4v) is 2.41. The Bertz CT molecular complexity index is 433. The van der Waals surface area contributed by atoms with Crippen LogP contribution in [0.2, 0.25) is 0 Å². The van der Waals surface area contributed by atoms with Gasteiger partial charge in [-0.15, -0.1) is 11.3 Å². The van der Waals surface area contributed by atoms with E-state index in [0.717, 1.165) is 20.1 Å². The molecule has 0 aliphatic rings. The van der Waals surface area contributed by atoms with Crippen molar-refractivity contribution in [2.24, 2.45) is 0 Å². The van der Waals surface area contributed by atoms with Gasteiger partial charge in [0.2, 0.25) is 0 Å². The van der Waals surface area contributed by atoms with Crippen LogP contribution in [0, 0.1) is 6.92 Å². The number of hydrogen-bond donors (Lipinski definition) is 1. The van der Waals surface area contributed by atoms with Crippen molar-refractivity contribution in [2.45, 2.75) is 6.92 Å². The van der Waals surface area contributed by atoms with Gasteiger partial charge in [0, 0.05) is 10.1 Å². The molecule has 0 spiro atoms. The lowest BCUT2D eigenvalue weighted by atomic mass is 10.2. The predicted molar refractivity (Wildman–Crippen MR) is 55.9 cm³/mol.